The van der Waals surface area contributed by atoms with E-state index in [9.17, 15) is 9.59 Å². The van der Waals surface area contributed by atoms with Gasteiger partial charge in [-0.25, -0.2) is 0 Å². The second kappa shape index (κ2) is 7.23. The van der Waals surface area contributed by atoms with Gasteiger partial charge < -0.3 is 14.7 Å². The average molecular weight is 217 g/mol. The molecule has 0 aliphatic heterocycles. The van der Waals surface area contributed by atoms with Crippen LogP contribution in [0.2, 0.25) is 0 Å². The minimum absolute atomic E-state index is 0.0980. The van der Waals surface area contributed by atoms with Crippen LogP contribution in [0.3, 0.4) is 0 Å². The lowest BCUT2D eigenvalue weighted by Crippen LogP contribution is -2.36. The minimum Gasteiger partial charge on any atom is -0.481 e. The molecule has 88 valence electrons. The Labute approximate surface area is 90.0 Å². The number of hydrogen-bond acceptors (Lipinski definition) is 3. The van der Waals surface area contributed by atoms with E-state index in [4.69, 9.17) is 9.84 Å². The van der Waals surface area contributed by atoms with E-state index >= 15 is 0 Å². The molecule has 0 radical (unpaired) electrons. The minimum atomic E-state index is -0.881. The van der Waals surface area contributed by atoms with E-state index in [1.165, 1.54) is 11.8 Å². The van der Waals surface area contributed by atoms with E-state index < -0.39 is 11.9 Å². The molecule has 1 unspecified atom stereocenters. The fraction of sp³-hybridized carbons (Fsp3) is 0.800. The molecule has 1 N–H and O–H groups in total. The molecular formula is C10H19NO4. The van der Waals surface area contributed by atoms with Crippen molar-refractivity contribution in [1.29, 1.82) is 0 Å². The zero-order chi connectivity index (χ0) is 11.8. The molecule has 15 heavy (non-hydrogen) atoms. The molecule has 0 aromatic rings. The van der Waals surface area contributed by atoms with E-state index in [1.807, 2.05) is 0 Å². The highest BCUT2D eigenvalue weighted by atomic mass is 16.5. The lowest BCUT2D eigenvalue weighted by Gasteiger charge is -2.22. The Hall–Kier alpha value is -1.10. The van der Waals surface area contributed by atoms with Crippen molar-refractivity contribution < 1.29 is 19.4 Å². The number of hydrogen-bond donors (Lipinski definition) is 1. The van der Waals surface area contributed by atoms with E-state index in [1.54, 1.807) is 14.0 Å². The van der Waals surface area contributed by atoms with Gasteiger partial charge in [0.25, 0.3) is 0 Å². The summed E-state index contributed by atoms with van der Waals surface area (Å²) in [5, 5.41) is 8.72. The Morgan fingerprint density at radius 2 is 2.07 bits per heavy atom. The fourth-order valence-corrected chi connectivity index (χ4v) is 1.19. The van der Waals surface area contributed by atoms with E-state index in [0.29, 0.717) is 13.2 Å². The molecule has 0 saturated heterocycles. The summed E-state index contributed by atoms with van der Waals surface area (Å²) in [6.45, 7) is 4.41. The summed E-state index contributed by atoms with van der Waals surface area (Å²) in [5.41, 5.74) is 0. The lowest BCUT2D eigenvalue weighted by molar-refractivity contribution is -0.142. The van der Waals surface area contributed by atoms with Crippen LogP contribution in [0.25, 0.3) is 0 Å². The maximum atomic E-state index is 11.2. The third-order valence-electron chi connectivity index (χ3n) is 2.14. The summed E-state index contributed by atoms with van der Waals surface area (Å²) in [5.74, 6) is -1.51. The van der Waals surface area contributed by atoms with Crippen LogP contribution in [-0.2, 0) is 14.3 Å². The first-order valence-electron chi connectivity index (χ1n) is 4.96. The smallest absolute Gasteiger partial charge is 0.308 e. The molecule has 0 spiro atoms. The van der Waals surface area contributed by atoms with Crippen molar-refractivity contribution in [3.63, 3.8) is 0 Å². The number of ether oxygens (including phenoxy) is 1. The largest absolute Gasteiger partial charge is 0.481 e. The Morgan fingerprint density at radius 3 is 2.47 bits per heavy atom. The van der Waals surface area contributed by atoms with Crippen LogP contribution in [0.5, 0.6) is 0 Å². The third kappa shape index (κ3) is 6.06. The monoisotopic (exact) mass is 217 g/mol. The van der Waals surface area contributed by atoms with Crippen LogP contribution >= 0.6 is 0 Å². The van der Waals surface area contributed by atoms with Crippen molar-refractivity contribution in [2.75, 3.05) is 26.8 Å². The summed E-state index contributed by atoms with van der Waals surface area (Å²) in [6.07, 6.45) is 0.725. The highest BCUT2D eigenvalue weighted by Crippen LogP contribution is 2.02. The van der Waals surface area contributed by atoms with Crippen LogP contribution in [-0.4, -0.2) is 48.7 Å². The van der Waals surface area contributed by atoms with Crippen LogP contribution in [0.1, 0.15) is 20.3 Å². The first kappa shape index (κ1) is 13.9. The van der Waals surface area contributed by atoms with Gasteiger partial charge in [0, 0.05) is 33.7 Å². The zero-order valence-electron chi connectivity index (χ0n) is 9.52. The number of carbonyl (C=O) groups excluding carboxylic acids is 1. The number of carboxylic acids is 1. The van der Waals surface area contributed by atoms with Gasteiger partial charge in [-0.3, -0.25) is 9.59 Å². The van der Waals surface area contributed by atoms with Gasteiger partial charge in [-0.2, -0.15) is 0 Å². The van der Waals surface area contributed by atoms with Gasteiger partial charge in [0.2, 0.25) is 5.91 Å². The SMILES string of the molecule is COCCCN(CC(C)C(=O)O)C(C)=O. The number of amides is 1. The first-order valence-corrected chi connectivity index (χ1v) is 4.96. The summed E-state index contributed by atoms with van der Waals surface area (Å²) in [4.78, 5) is 23.4. The van der Waals surface area contributed by atoms with Crippen molar-refractivity contribution in [2.45, 2.75) is 20.3 Å². The highest BCUT2D eigenvalue weighted by Gasteiger charge is 2.17. The molecule has 0 aromatic carbocycles. The summed E-state index contributed by atoms with van der Waals surface area (Å²) in [6, 6.07) is 0. The van der Waals surface area contributed by atoms with Crippen LogP contribution in [0, 0.1) is 5.92 Å². The van der Waals surface area contributed by atoms with E-state index in [2.05, 4.69) is 0 Å². The maximum absolute atomic E-state index is 11.2. The first-order chi connectivity index (χ1) is 6.99. The predicted molar refractivity (Wildman–Crippen MR) is 55.5 cm³/mol. The topological polar surface area (TPSA) is 66.8 Å². The van der Waals surface area contributed by atoms with Crippen molar-refractivity contribution in [2.24, 2.45) is 5.92 Å². The normalized spacial score (nSPS) is 12.2. The van der Waals surface area contributed by atoms with E-state index in [-0.39, 0.29) is 12.5 Å². The molecule has 1 atom stereocenters. The van der Waals surface area contributed by atoms with Gasteiger partial charge in [0.15, 0.2) is 0 Å². The lowest BCUT2D eigenvalue weighted by atomic mass is 10.1. The average Bonchev–Trinajstić information content (AvgIpc) is 2.15. The number of rotatable bonds is 7. The number of carbonyl (C=O) groups is 2. The van der Waals surface area contributed by atoms with Gasteiger partial charge in [0.05, 0.1) is 5.92 Å². The summed E-state index contributed by atoms with van der Waals surface area (Å²) in [7, 11) is 1.60. The van der Waals surface area contributed by atoms with Crippen molar-refractivity contribution in [3.05, 3.63) is 0 Å². The van der Waals surface area contributed by atoms with Crippen LogP contribution in [0.15, 0.2) is 0 Å². The Bertz CT molecular complexity index is 217. The number of nitrogens with zero attached hydrogens (tertiary/aromatic N) is 1. The van der Waals surface area contributed by atoms with Crippen molar-refractivity contribution in [1.82, 2.24) is 4.90 Å². The van der Waals surface area contributed by atoms with E-state index in [0.717, 1.165) is 6.42 Å². The molecule has 5 nitrogen and oxygen atoms in total. The molecule has 1 amide bonds. The van der Waals surface area contributed by atoms with Crippen LogP contribution < -0.4 is 0 Å². The second-order valence-corrected chi connectivity index (χ2v) is 3.55. The molecular weight excluding hydrogens is 198 g/mol. The van der Waals surface area contributed by atoms with Crippen molar-refractivity contribution >= 4 is 11.9 Å². The molecule has 0 bridgehead atoms. The molecule has 0 fully saturated rings. The number of methoxy groups -OCH3 is 1. The van der Waals surface area contributed by atoms with Gasteiger partial charge in [0.1, 0.15) is 0 Å². The standard InChI is InChI=1S/C10H19NO4/c1-8(10(13)14)7-11(9(2)12)5-4-6-15-3/h8H,4-7H2,1-3H3,(H,13,14). The van der Waals surface area contributed by atoms with Gasteiger partial charge in [-0.1, -0.05) is 6.92 Å². The molecule has 0 aromatic heterocycles. The molecule has 0 aliphatic rings. The quantitative estimate of drug-likeness (QED) is 0.634. The van der Waals surface area contributed by atoms with Gasteiger partial charge >= 0.3 is 5.97 Å². The molecule has 0 saturated carbocycles. The maximum Gasteiger partial charge on any atom is 0.308 e. The Morgan fingerprint density at radius 1 is 1.47 bits per heavy atom. The highest BCUT2D eigenvalue weighted by molar-refractivity contribution is 5.75. The Balaban J connectivity index is 4.04. The zero-order valence-corrected chi connectivity index (χ0v) is 9.52. The molecule has 0 aliphatic carbocycles. The van der Waals surface area contributed by atoms with Crippen molar-refractivity contribution in [3.8, 4) is 0 Å². The van der Waals surface area contributed by atoms with Gasteiger partial charge in [-0.05, 0) is 6.42 Å². The number of aliphatic carboxylic acids is 1. The van der Waals surface area contributed by atoms with Crippen LogP contribution in [0.4, 0.5) is 0 Å². The van der Waals surface area contributed by atoms with Gasteiger partial charge in [-0.15, -0.1) is 0 Å². The summed E-state index contributed by atoms with van der Waals surface area (Å²) >= 11 is 0. The third-order valence-corrected chi connectivity index (χ3v) is 2.14. The second-order valence-electron chi connectivity index (χ2n) is 3.55. The predicted octanol–water partition coefficient (Wildman–Crippen LogP) is 0.592. The Kier molecular flexibility index (Phi) is 6.70. The fourth-order valence-electron chi connectivity index (χ4n) is 1.19. The molecule has 0 heterocycles. The molecule has 0 rings (SSSR count). The molecule has 5 heteroatoms. The summed E-state index contributed by atoms with van der Waals surface area (Å²) < 4.78 is 4.87. The number of carboxylic acid groups (broad SMARTS) is 1.